The second kappa shape index (κ2) is 7.37. The number of aromatic nitrogens is 1. The van der Waals surface area contributed by atoms with Crippen LogP contribution in [-0.2, 0) is 9.84 Å². The van der Waals surface area contributed by atoms with Gasteiger partial charge in [0.05, 0.1) is 4.90 Å². The Bertz CT molecular complexity index is 996. The van der Waals surface area contributed by atoms with Crippen molar-refractivity contribution in [1.82, 2.24) is 14.8 Å². The lowest BCUT2D eigenvalue weighted by atomic mass is 9.95. The van der Waals surface area contributed by atoms with Crippen molar-refractivity contribution in [3.05, 3.63) is 47.2 Å². The highest BCUT2D eigenvalue weighted by Crippen LogP contribution is 2.32. The van der Waals surface area contributed by atoms with E-state index in [9.17, 15) is 13.2 Å². The summed E-state index contributed by atoms with van der Waals surface area (Å²) >= 11 is 5.97. The Morgan fingerprint density at radius 3 is 2.43 bits per heavy atom. The SMILES string of the molecule is CS(=O)(=O)c1cc(Cl)ccc1-c1ccc(C2CN(C(=O)N3CCCC3)C2)nc1. The van der Waals surface area contributed by atoms with Gasteiger partial charge in [0, 0.05) is 66.4 Å². The molecule has 2 aromatic rings. The minimum atomic E-state index is -3.41. The van der Waals surface area contributed by atoms with Crippen molar-refractivity contribution in [1.29, 1.82) is 0 Å². The number of nitrogens with zero attached hydrogens (tertiary/aromatic N) is 3. The summed E-state index contributed by atoms with van der Waals surface area (Å²) in [6.45, 7) is 3.07. The smallest absolute Gasteiger partial charge is 0.320 e. The standard InChI is InChI=1S/C20H22ClN3O3S/c1-28(26,27)19-10-16(21)5-6-17(19)14-4-7-18(22-11-14)15-12-24(13-15)20(25)23-8-2-3-9-23/h4-7,10-11,15H,2-3,8-9,12-13H2,1H3. The number of hydrogen-bond acceptors (Lipinski definition) is 4. The lowest BCUT2D eigenvalue weighted by Crippen LogP contribution is -2.53. The molecule has 2 amide bonds. The number of carbonyl (C=O) groups excluding carboxylic acids is 1. The van der Waals surface area contributed by atoms with E-state index in [1.165, 1.54) is 12.3 Å². The number of rotatable bonds is 3. The maximum absolute atomic E-state index is 12.4. The Morgan fingerprint density at radius 1 is 1.11 bits per heavy atom. The van der Waals surface area contributed by atoms with E-state index in [0.717, 1.165) is 37.2 Å². The van der Waals surface area contributed by atoms with Crippen LogP contribution in [0.3, 0.4) is 0 Å². The predicted octanol–water partition coefficient (Wildman–Crippen LogP) is 3.42. The molecule has 2 fully saturated rings. The van der Waals surface area contributed by atoms with E-state index in [0.29, 0.717) is 23.7 Å². The molecule has 2 aliphatic heterocycles. The number of likely N-dealkylation sites (tertiary alicyclic amines) is 2. The Labute approximate surface area is 170 Å². The molecular weight excluding hydrogens is 398 g/mol. The van der Waals surface area contributed by atoms with Crippen LogP contribution < -0.4 is 0 Å². The quantitative estimate of drug-likeness (QED) is 0.764. The van der Waals surface area contributed by atoms with Gasteiger partial charge in [0.2, 0.25) is 0 Å². The summed E-state index contributed by atoms with van der Waals surface area (Å²) in [6, 6.07) is 8.77. The van der Waals surface area contributed by atoms with Crippen LogP contribution in [0.5, 0.6) is 0 Å². The molecule has 0 unspecified atom stereocenters. The highest BCUT2D eigenvalue weighted by molar-refractivity contribution is 7.90. The van der Waals surface area contributed by atoms with Gasteiger partial charge in [-0.05, 0) is 31.0 Å². The van der Waals surface area contributed by atoms with Crippen molar-refractivity contribution >= 4 is 27.5 Å². The van der Waals surface area contributed by atoms with Gasteiger partial charge in [0.1, 0.15) is 0 Å². The summed E-state index contributed by atoms with van der Waals surface area (Å²) in [5, 5.41) is 0.381. The lowest BCUT2D eigenvalue weighted by Gasteiger charge is -2.40. The second-order valence-corrected chi connectivity index (χ2v) is 9.88. The molecule has 0 aliphatic carbocycles. The third kappa shape index (κ3) is 3.73. The molecule has 3 heterocycles. The monoisotopic (exact) mass is 419 g/mol. The van der Waals surface area contributed by atoms with Gasteiger partial charge in [0.25, 0.3) is 0 Å². The average Bonchev–Trinajstić information content (AvgIpc) is 3.15. The lowest BCUT2D eigenvalue weighted by molar-refractivity contribution is 0.120. The van der Waals surface area contributed by atoms with Crippen LogP contribution in [-0.4, -0.2) is 61.7 Å². The highest BCUT2D eigenvalue weighted by atomic mass is 35.5. The molecule has 0 spiro atoms. The number of halogens is 1. The molecule has 2 aliphatic rings. The zero-order valence-electron chi connectivity index (χ0n) is 15.6. The predicted molar refractivity (Wildman–Crippen MR) is 108 cm³/mol. The van der Waals surface area contributed by atoms with Crippen molar-refractivity contribution in [2.24, 2.45) is 0 Å². The van der Waals surface area contributed by atoms with Crippen molar-refractivity contribution < 1.29 is 13.2 Å². The fourth-order valence-electron chi connectivity index (χ4n) is 3.78. The highest BCUT2D eigenvalue weighted by Gasteiger charge is 2.35. The first-order chi connectivity index (χ1) is 13.3. The zero-order valence-corrected chi connectivity index (χ0v) is 17.2. The van der Waals surface area contributed by atoms with Crippen LogP contribution in [0.2, 0.25) is 5.02 Å². The molecule has 148 valence electrons. The summed E-state index contributed by atoms with van der Waals surface area (Å²) in [5.74, 6) is 0.222. The first kappa shape index (κ1) is 19.2. The van der Waals surface area contributed by atoms with Crippen molar-refractivity contribution in [2.45, 2.75) is 23.7 Å². The molecule has 1 aromatic heterocycles. The number of pyridine rings is 1. The van der Waals surface area contributed by atoms with Crippen LogP contribution in [0.25, 0.3) is 11.1 Å². The average molecular weight is 420 g/mol. The van der Waals surface area contributed by atoms with Crippen molar-refractivity contribution in [3.8, 4) is 11.1 Å². The summed E-state index contributed by atoms with van der Waals surface area (Å²) in [4.78, 5) is 20.9. The summed E-state index contributed by atoms with van der Waals surface area (Å²) in [5.41, 5.74) is 2.24. The van der Waals surface area contributed by atoms with E-state index in [-0.39, 0.29) is 16.8 Å². The molecule has 8 heteroatoms. The molecule has 2 saturated heterocycles. The normalized spacial score (nSPS) is 17.6. The minimum absolute atomic E-state index is 0.129. The molecule has 28 heavy (non-hydrogen) atoms. The molecule has 1 aromatic carbocycles. The van der Waals surface area contributed by atoms with Crippen molar-refractivity contribution in [2.75, 3.05) is 32.4 Å². The second-order valence-electron chi connectivity index (χ2n) is 7.46. The zero-order chi connectivity index (χ0) is 19.9. The molecule has 6 nitrogen and oxygen atoms in total. The third-order valence-electron chi connectivity index (χ3n) is 5.39. The van der Waals surface area contributed by atoms with Gasteiger partial charge in [-0.3, -0.25) is 4.98 Å². The summed E-state index contributed by atoms with van der Waals surface area (Å²) < 4.78 is 24.2. The topological polar surface area (TPSA) is 70.6 Å². The van der Waals surface area contributed by atoms with E-state index in [4.69, 9.17) is 11.6 Å². The fraction of sp³-hybridized carbons (Fsp3) is 0.400. The van der Waals surface area contributed by atoms with Crippen LogP contribution in [0, 0.1) is 0 Å². The maximum Gasteiger partial charge on any atom is 0.320 e. The van der Waals surface area contributed by atoms with Crippen molar-refractivity contribution in [3.63, 3.8) is 0 Å². The number of amides is 2. The van der Waals surface area contributed by atoms with Crippen LogP contribution in [0.1, 0.15) is 24.5 Å². The maximum atomic E-state index is 12.4. The molecule has 4 rings (SSSR count). The van der Waals surface area contributed by atoms with Gasteiger partial charge in [-0.2, -0.15) is 0 Å². The molecule has 0 N–H and O–H groups in total. The molecular formula is C20H22ClN3O3S. The first-order valence-electron chi connectivity index (χ1n) is 9.33. The van der Waals surface area contributed by atoms with E-state index in [2.05, 4.69) is 4.98 Å². The third-order valence-corrected chi connectivity index (χ3v) is 6.76. The Kier molecular flexibility index (Phi) is 5.05. The number of urea groups is 1. The summed E-state index contributed by atoms with van der Waals surface area (Å²) in [6.07, 6.45) is 5.04. The fourth-order valence-corrected chi connectivity index (χ4v) is 4.94. The number of sulfone groups is 1. The van der Waals surface area contributed by atoms with E-state index < -0.39 is 9.84 Å². The van der Waals surface area contributed by atoms with E-state index >= 15 is 0 Å². The Morgan fingerprint density at radius 2 is 1.82 bits per heavy atom. The largest absolute Gasteiger partial charge is 0.325 e. The van der Waals surface area contributed by atoms with Gasteiger partial charge in [0.15, 0.2) is 9.84 Å². The first-order valence-corrected chi connectivity index (χ1v) is 11.6. The van der Waals surface area contributed by atoms with Gasteiger partial charge >= 0.3 is 6.03 Å². The Hall–Kier alpha value is -2.12. The minimum Gasteiger partial charge on any atom is -0.325 e. The van der Waals surface area contributed by atoms with Crippen LogP contribution >= 0.6 is 11.6 Å². The number of hydrogen-bond donors (Lipinski definition) is 0. The van der Waals surface area contributed by atoms with Gasteiger partial charge in [-0.15, -0.1) is 0 Å². The van der Waals surface area contributed by atoms with Crippen LogP contribution in [0.15, 0.2) is 41.4 Å². The van der Waals surface area contributed by atoms with E-state index in [1.54, 1.807) is 18.3 Å². The van der Waals surface area contributed by atoms with Crippen LogP contribution in [0.4, 0.5) is 4.79 Å². The molecule has 0 atom stereocenters. The van der Waals surface area contributed by atoms with Gasteiger partial charge in [-0.1, -0.05) is 23.7 Å². The molecule has 0 radical (unpaired) electrons. The number of carbonyl (C=O) groups is 1. The van der Waals surface area contributed by atoms with E-state index in [1.807, 2.05) is 21.9 Å². The Balaban J connectivity index is 1.48. The van der Waals surface area contributed by atoms with Gasteiger partial charge in [-0.25, -0.2) is 13.2 Å². The molecule has 0 saturated carbocycles. The molecule has 0 bridgehead atoms. The van der Waals surface area contributed by atoms with Gasteiger partial charge < -0.3 is 9.80 Å². The number of benzene rings is 1. The summed E-state index contributed by atoms with van der Waals surface area (Å²) in [7, 11) is -3.41.